The molecular formula is C26H32ClN5O2S. The molecule has 0 saturated carbocycles. The minimum Gasteiger partial charge on any atom is -0.342 e. The van der Waals surface area contributed by atoms with Gasteiger partial charge in [0.1, 0.15) is 0 Å². The third kappa shape index (κ3) is 7.08. The Kier molecular flexibility index (Phi) is 9.34. The van der Waals surface area contributed by atoms with Crippen LogP contribution in [0.4, 0.5) is 5.69 Å². The monoisotopic (exact) mass is 513 g/mol. The number of anilines is 1. The minimum absolute atomic E-state index is 0.110. The fourth-order valence-corrected chi connectivity index (χ4v) is 4.76. The van der Waals surface area contributed by atoms with Crippen LogP contribution in [0.3, 0.4) is 0 Å². The van der Waals surface area contributed by atoms with Crippen molar-refractivity contribution in [3.63, 3.8) is 0 Å². The molecule has 0 radical (unpaired) electrons. The van der Waals surface area contributed by atoms with Gasteiger partial charge in [-0.05, 0) is 62.4 Å². The summed E-state index contributed by atoms with van der Waals surface area (Å²) >= 11 is 7.56. The average Bonchev–Trinajstić information content (AvgIpc) is 3.22. The van der Waals surface area contributed by atoms with Crippen LogP contribution in [0.25, 0.3) is 0 Å². The molecule has 9 heteroatoms. The molecule has 35 heavy (non-hydrogen) atoms. The number of benzene rings is 2. The van der Waals surface area contributed by atoms with Gasteiger partial charge in [0.2, 0.25) is 5.91 Å². The lowest BCUT2D eigenvalue weighted by Crippen LogP contribution is -2.31. The van der Waals surface area contributed by atoms with Gasteiger partial charge in [0.05, 0.1) is 22.4 Å². The van der Waals surface area contributed by atoms with E-state index in [1.807, 2.05) is 43.5 Å². The molecule has 0 fully saturated rings. The van der Waals surface area contributed by atoms with Crippen molar-refractivity contribution >= 4 is 40.9 Å². The molecule has 0 aliphatic carbocycles. The lowest BCUT2D eigenvalue weighted by Gasteiger charge is -2.21. The quantitative estimate of drug-likeness (QED) is 0.333. The van der Waals surface area contributed by atoms with Gasteiger partial charge in [-0.15, -0.1) is 10.2 Å². The van der Waals surface area contributed by atoms with E-state index in [0.29, 0.717) is 40.5 Å². The third-order valence-corrected chi connectivity index (χ3v) is 6.80. The molecule has 0 bridgehead atoms. The number of carbonyl (C=O) groups excluding carboxylic acids is 2. The maximum Gasteiger partial charge on any atom is 0.253 e. The Balaban J connectivity index is 1.75. The first-order valence-electron chi connectivity index (χ1n) is 11.7. The number of hydrogen-bond donors (Lipinski definition) is 2. The smallest absolute Gasteiger partial charge is 0.253 e. The summed E-state index contributed by atoms with van der Waals surface area (Å²) < 4.78 is 1.95. The molecule has 2 aromatic carbocycles. The van der Waals surface area contributed by atoms with Crippen LogP contribution in [0.15, 0.2) is 47.6 Å². The fraction of sp³-hybridized carbons (Fsp3) is 0.385. The number of thioether (sulfide) groups is 1. The van der Waals surface area contributed by atoms with E-state index in [1.165, 1.54) is 11.8 Å². The van der Waals surface area contributed by atoms with Gasteiger partial charge in [-0.25, -0.2) is 0 Å². The largest absolute Gasteiger partial charge is 0.342 e. The van der Waals surface area contributed by atoms with Gasteiger partial charge in [0, 0.05) is 12.2 Å². The highest BCUT2D eigenvalue weighted by Gasteiger charge is 2.25. The summed E-state index contributed by atoms with van der Waals surface area (Å²) in [5.74, 6) is 0.814. The van der Waals surface area contributed by atoms with Crippen molar-refractivity contribution in [3.8, 4) is 0 Å². The van der Waals surface area contributed by atoms with E-state index in [1.54, 1.807) is 24.3 Å². The summed E-state index contributed by atoms with van der Waals surface area (Å²) in [7, 11) is 0. The maximum atomic E-state index is 13.0. The van der Waals surface area contributed by atoms with Crippen LogP contribution >= 0.6 is 23.4 Å². The highest BCUT2D eigenvalue weighted by molar-refractivity contribution is 7.99. The van der Waals surface area contributed by atoms with Crippen LogP contribution in [0.1, 0.15) is 60.5 Å². The van der Waals surface area contributed by atoms with E-state index in [0.717, 1.165) is 16.8 Å². The Hall–Kier alpha value is -2.84. The van der Waals surface area contributed by atoms with Crippen molar-refractivity contribution in [2.45, 2.75) is 58.8 Å². The number of aryl methyl sites for hydroxylation is 2. The topological polar surface area (TPSA) is 88.9 Å². The third-order valence-electron chi connectivity index (χ3n) is 5.50. The van der Waals surface area contributed by atoms with Crippen molar-refractivity contribution in [1.82, 2.24) is 20.1 Å². The zero-order valence-corrected chi connectivity index (χ0v) is 22.3. The number of rotatable bonds is 10. The molecule has 186 valence electrons. The molecule has 0 spiro atoms. The molecular weight excluding hydrogens is 482 g/mol. The van der Waals surface area contributed by atoms with Gasteiger partial charge in [0.15, 0.2) is 11.0 Å². The molecule has 1 aromatic heterocycles. The first-order valence-corrected chi connectivity index (χ1v) is 13.0. The maximum absolute atomic E-state index is 13.0. The van der Waals surface area contributed by atoms with E-state index in [4.69, 9.17) is 11.6 Å². The molecule has 0 aliphatic rings. The normalized spacial score (nSPS) is 12.0. The van der Waals surface area contributed by atoms with Gasteiger partial charge in [-0.2, -0.15) is 0 Å². The Labute approximate surface area is 216 Å². The summed E-state index contributed by atoms with van der Waals surface area (Å²) in [6.07, 6.45) is 0.687. The molecule has 0 saturated heterocycles. The zero-order valence-electron chi connectivity index (χ0n) is 20.8. The Bertz CT molecular complexity index is 1190. The van der Waals surface area contributed by atoms with Gasteiger partial charge >= 0.3 is 0 Å². The molecule has 1 atom stereocenters. The predicted octanol–water partition coefficient (Wildman–Crippen LogP) is 5.82. The SMILES string of the molecule is CCn1c(SCC(=O)Nc2cc(C)ccc2C)nnc1[C@@H](CC(C)C)NC(=O)c1ccccc1Cl. The second-order valence-corrected chi connectivity index (χ2v) is 10.2. The predicted molar refractivity (Wildman–Crippen MR) is 142 cm³/mol. The van der Waals surface area contributed by atoms with Crippen molar-refractivity contribution in [2.75, 3.05) is 11.1 Å². The highest BCUT2D eigenvalue weighted by Crippen LogP contribution is 2.26. The molecule has 0 unspecified atom stereocenters. The first kappa shape index (κ1) is 26.8. The van der Waals surface area contributed by atoms with E-state index in [-0.39, 0.29) is 23.6 Å². The number of aromatic nitrogens is 3. The Morgan fingerprint density at radius 1 is 1.11 bits per heavy atom. The van der Waals surface area contributed by atoms with Gasteiger partial charge < -0.3 is 15.2 Å². The van der Waals surface area contributed by atoms with E-state index >= 15 is 0 Å². The van der Waals surface area contributed by atoms with Crippen LogP contribution < -0.4 is 10.6 Å². The van der Waals surface area contributed by atoms with E-state index in [2.05, 4.69) is 34.7 Å². The number of nitrogens with zero attached hydrogens (tertiary/aromatic N) is 3. The van der Waals surface area contributed by atoms with Crippen molar-refractivity contribution in [2.24, 2.45) is 5.92 Å². The summed E-state index contributed by atoms with van der Waals surface area (Å²) in [6, 6.07) is 12.6. The highest BCUT2D eigenvalue weighted by atomic mass is 35.5. The molecule has 7 nitrogen and oxygen atoms in total. The lowest BCUT2D eigenvalue weighted by molar-refractivity contribution is -0.113. The number of halogens is 1. The second-order valence-electron chi connectivity index (χ2n) is 8.88. The van der Waals surface area contributed by atoms with Gasteiger partial charge in [-0.1, -0.05) is 61.5 Å². The molecule has 1 heterocycles. The molecule has 2 amide bonds. The zero-order chi connectivity index (χ0) is 25.5. The van der Waals surface area contributed by atoms with Crippen LogP contribution in [0, 0.1) is 19.8 Å². The van der Waals surface area contributed by atoms with Crippen molar-refractivity contribution in [3.05, 3.63) is 70.0 Å². The summed E-state index contributed by atoms with van der Waals surface area (Å²) in [6.45, 7) is 10.7. The number of carbonyl (C=O) groups is 2. The average molecular weight is 514 g/mol. The standard InChI is InChI=1S/C26H32ClN5O2S/c1-6-32-24(22(13-16(2)3)29-25(34)19-9-7-8-10-20(19)27)30-31-26(32)35-15-23(33)28-21-14-17(4)11-12-18(21)5/h7-12,14,16,22H,6,13,15H2,1-5H3,(H,28,33)(H,29,34)/t22-/m1/s1. The van der Waals surface area contributed by atoms with Crippen molar-refractivity contribution in [1.29, 1.82) is 0 Å². The second kappa shape index (κ2) is 12.2. The summed E-state index contributed by atoms with van der Waals surface area (Å²) in [5.41, 5.74) is 3.33. The van der Waals surface area contributed by atoms with Crippen LogP contribution in [0.2, 0.25) is 5.02 Å². The van der Waals surface area contributed by atoms with Gasteiger partial charge in [0.25, 0.3) is 5.91 Å². The molecule has 2 N–H and O–H groups in total. The van der Waals surface area contributed by atoms with E-state index < -0.39 is 0 Å². The summed E-state index contributed by atoms with van der Waals surface area (Å²) in [5, 5.41) is 15.9. The van der Waals surface area contributed by atoms with Crippen LogP contribution in [-0.2, 0) is 11.3 Å². The Morgan fingerprint density at radius 3 is 2.54 bits per heavy atom. The lowest BCUT2D eigenvalue weighted by atomic mass is 10.0. The minimum atomic E-state index is -0.343. The molecule has 3 aromatic rings. The molecule has 3 rings (SSSR count). The summed E-state index contributed by atoms with van der Waals surface area (Å²) in [4.78, 5) is 25.6. The van der Waals surface area contributed by atoms with Crippen LogP contribution in [-0.4, -0.2) is 32.3 Å². The number of amides is 2. The van der Waals surface area contributed by atoms with Crippen LogP contribution in [0.5, 0.6) is 0 Å². The number of nitrogens with one attached hydrogen (secondary N) is 2. The fourth-order valence-electron chi connectivity index (χ4n) is 3.73. The van der Waals surface area contributed by atoms with Gasteiger partial charge in [-0.3, -0.25) is 9.59 Å². The Morgan fingerprint density at radius 2 is 1.86 bits per heavy atom. The van der Waals surface area contributed by atoms with E-state index in [9.17, 15) is 9.59 Å². The van der Waals surface area contributed by atoms with Crippen molar-refractivity contribution < 1.29 is 9.59 Å². The first-order chi connectivity index (χ1) is 16.7. The molecule has 0 aliphatic heterocycles. The number of hydrogen-bond acceptors (Lipinski definition) is 5.